The maximum Gasteiger partial charge on any atom is 0.350 e. The fourth-order valence-corrected chi connectivity index (χ4v) is 4.24. The molecule has 0 amide bonds. The van der Waals surface area contributed by atoms with Crippen molar-refractivity contribution < 1.29 is 13.5 Å². The molecule has 2 atom stereocenters. The minimum atomic E-state index is -1.25. The number of nitrogens with two attached hydrogens (primary N) is 2. The summed E-state index contributed by atoms with van der Waals surface area (Å²) in [4.78, 5) is 26.7. The molecule has 1 saturated heterocycles. The van der Waals surface area contributed by atoms with Gasteiger partial charge in [-0.15, -0.1) is 0 Å². The lowest BCUT2D eigenvalue weighted by atomic mass is 9.87. The van der Waals surface area contributed by atoms with Crippen LogP contribution in [0.2, 0.25) is 0 Å². The van der Waals surface area contributed by atoms with Crippen molar-refractivity contribution in [2.24, 2.45) is 11.7 Å². The highest BCUT2D eigenvalue weighted by Crippen LogP contribution is 2.44. The summed E-state index contributed by atoms with van der Waals surface area (Å²) < 4.78 is 37.2. The van der Waals surface area contributed by atoms with E-state index in [0.717, 1.165) is 18.9 Å². The first-order valence-electron chi connectivity index (χ1n) is 9.57. The minimum Gasteiger partial charge on any atom is -0.492 e. The number of nitrogens with zero attached hydrogens (tertiary/aromatic N) is 3. The van der Waals surface area contributed by atoms with E-state index in [1.54, 1.807) is 13.8 Å². The molecule has 0 spiro atoms. The molecule has 10 heteroatoms. The Labute approximate surface area is 165 Å². The number of nitrogen functional groups attached to an aromatic ring is 1. The van der Waals surface area contributed by atoms with Crippen LogP contribution < -0.4 is 32.5 Å². The molecule has 1 aromatic carbocycles. The summed E-state index contributed by atoms with van der Waals surface area (Å²) in [6.07, 6.45) is 0.225. The number of alkyl halides is 1. The molecule has 2 fully saturated rings. The molecule has 29 heavy (non-hydrogen) atoms. The monoisotopic (exact) mass is 409 g/mol. The summed E-state index contributed by atoms with van der Waals surface area (Å²) in [5.41, 5.74) is 4.03. The summed E-state index contributed by atoms with van der Waals surface area (Å²) in [6.45, 7) is 3.59. The van der Waals surface area contributed by atoms with Crippen molar-refractivity contribution in [2.75, 3.05) is 30.9 Å². The first kappa shape index (κ1) is 19.7. The predicted molar refractivity (Wildman–Crippen MR) is 106 cm³/mol. The smallest absolute Gasteiger partial charge is 0.350 e. The van der Waals surface area contributed by atoms with Gasteiger partial charge in [-0.05, 0) is 32.8 Å². The van der Waals surface area contributed by atoms with E-state index in [0.29, 0.717) is 4.68 Å². The summed E-state index contributed by atoms with van der Waals surface area (Å²) in [7, 11) is 1.33. The molecule has 4 N–H and O–H groups in total. The van der Waals surface area contributed by atoms with E-state index in [1.807, 2.05) is 0 Å². The number of benzene rings is 1. The van der Waals surface area contributed by atoms with Gasteiger partial charge in [-0.1, -0.05) is 0 Å². The second-order valence-corrected chi connectivity index (χ2v) is 8.54. The van der Waals surface area contributed by atoms with E-state index in [-0.39, 0.29) is 41.5 Å². The molecule has 1 aromatic heterocycles. The minimum absolute atomic E-state index is 0.0253. The zero-order chi connectivity index (χ0) is 21.2. The molecule has 8 nitrogen and oxygen atoms in total. The Balaban J connectivity index is 1.99. The van der Waals surface area contributed by atoms with Crippen LogP contribution in [0.25, 0.3) is 10.9 Å². The van der Waals surface area contributed by atoms with Gasteiger partial charge in [-0.3, -0.25) is 9.36 Å². The molecule has 0 radical (unpaired) electrons. The van der Waals surface area contributed by atoms with Gasteiger partial charge in [0.25, 0.3) is 5.56 Å². The number of hydrogen-bond acceptors (Lipinski definition) is 6. The molecular formula is C19H25F2N5O3. The zero-order valence-corrected chi connectivity index (χ0v) is 16.6. The van der Waals surface area contributed by atoms with Crippen molar-refractivity contribution in [1.29, 1.82) is 0 Å². The number of fused-ring (bicyclic) bond motifs is 1. The van der Waals surface area contributed by atoms with Crippen LogP contribution >= 0.6 is 0 Å². The lowest BCUT2D eigenvalue weighted by Gasteiger charge is -2.29. The third-order valence-corrected chi connectivity index (χ3v) is 5.92. The van der Waals surface area contributed by atoms with Gasteiger partial charge in [0.05, 0.1) is 12.5 Å². The molecule has 1 aliphatic carbocycles. The number of hydrogen-bond donors (Lipinski definition) is 2. The lowest BCUT2D eigenvalue weighted by Crippen LogP contribution is -2.45. The van der Waals surface area contributed by atoms with Crippen LogP contribution in [0.1, 0.15) is 32.7 Å². The van der Waals surface area contributed by atoms with Crippen LogP contribution in [0.4, 0.5) is 14.5 Å². The Bertz CT molecular complexity index is 1100. The standard InChI is InChI=1S/C19H25F2N5O3/c1-19(2,22)11-7-24(8-13(11)21)15-12(20)6-10-14(16(15)29-3)25(9-4-5-9)18(28)26(23)17(10)27/h6,9,11,13H,4-5,7-8,22-23H2,1-3H3/t11-,13+/m0/s1. The fourth-order valence-electron chi connectivity index (χ4n) is 4.24. The van der Waals surface area contributed by atoms with E-state index in [9.17, 15) is 14.0 Å². The maximum absolute atomic E-state index is 15.2. The topological polar surface area (TPSA) is 109 Å². The maximum atomic E-state index is 15.2. The van der Waals surface area contributed by atoms with Crippen LogP contribution in [0, 0.1) is 11.7 Å². The predicted octanol–water partition coefficient (Wildman–Crippen LogP) is 0.871. The first-order chi connectivity index (χ1) is 13.6. The largest absolute Gasteiger partial charge is 0.492 e. The van der Waals surface area contributed by atoms with Gasteiger partial charge in [-0.25, -0.2) is 13.6 Å². The number of methoxy groups -OCH3 is 1. The average Bonchev–Trinajstić information content (AvgIpc) is 3.40. The summed E-state index contributed by atoms with van der Waals surface area (Å²) >= 11 is 0. The van der Waals surface area contributed by atoms with E-state index in [2.05, 4.69) is 0 Å². The first-order valence-corrected chi connectivity index (χ1v) is 9.57. The van der Waals surface area contributed by atoms with Crippen LogP contribution in [0.15, 0.2) is 15.7 Å². The zero-order valence-electron chi connectivity index (χ0n) is 16.6. The van der Waals surface area contributed by atoms with Crippen molar-refractivity contribution >= 4 is 16.6 Å². The normalized spacial score (nSPS) is 22.5. The molecule has 2 aromatic rings. The van der Waals surface area contributed by atoms with Crippen LogP contribution in [0.3, 0.4) is 0 Å². The Kier molecular flexibility index (Phi) is 4.38. The molecule has 2 aliphatic rings. The van der Waals surface area contributed by atoms with Gasteiger partial charge in [0.15, 0.2) is 11.6 Å². The van der Waals surface area contributed by atoms with Crippen LogP contribution in [-0.2, 0) is 0 Å². The fraction of sp³-hybridized carbons (Fsp3) is 0.579. The SMILES string of the molecule is COc1c(N2C[C@@H](F)[C@@H](C(C)(C)N)C2)c(F)cc2c(=O)n(N)c(=O)n(C3CC3)c12. The quantitative estimate of drug-likeness (QED) is 0.726. The number of rotatable bonds is 4. The van der Waals surface area contributed by atoms with E-state index >= 15 is 4.39 Å². The van der Waals surface area contributed by atoms with E-state index < -0.39 is 34.7 Å². The summed E-state index contributed by atoms with van der Waals surface area (Å²) in [5, 5.41) is -0.0520. The van der Waals surface area contributed by atoms with Crippen molar-refractivity contribution in [2.45, 2.75) is 44.4 Å². The van der Waals surface area contributed by atoms with Crippen molar-refractivity contribution in [3.8, 4) is 5.75 Å². The number of halogens is 2. The van der Waals surface area contributed by atoms with Gasteiger partial charge < -0.3 is 21.2 Å². The summed E-state index contributed by atoms with van der Waals surface area (Å²) in [5.74, 6) is 4.42. The number of ether oxygens (including phenoxy) is 1. The van der Waals surface area contributed by atoms with Crippen molar-refractivity contribution in [3.05, 3.63) is 32.7 Å². The van der Waals surface area contributed by atoms with Crippen molar-refractivity contribution in [1.82, 2.24) is 9.24 Å². The second-order valence-electron chi connectivity index (χ2n) is 8.54. The van der Waals surface area contributed by atoms with E-state index in [1.165, 1.54) is 16.6 Å². The average molecular weight is 409 g/mol. The molecule has 1 aliphatic heterocycles. The number of anilines is 1. The van der Waals surface area contributed by atoms with Gasteiger partial charge in [0, 0.05) is 30.6 Å². The third kappa shape index (κ3) is 2.97. The second kappa shape index (κ2) is 6.45. The Morgan fingerprint density at radius 2 is 1.90 bits per heavy atom. The highest BCUT2D eigenvalue weighted by molar-refractivity contribution is 5.91. The molecule has 0 bridgehead atoms. The van der Waals surface area contributed by atoms with Gasteiger partial charge in [0.1, 0.15) is 17.4 Å². The van der Waals surface area contributed by atoms with Gasteiger partial charge in [0.2, 0.25) is 0 Å². The molecule has 1 saturated carbocycles. The molecular weight excluding hydrogens is 384 g/mol. The molecule has 2 heterocycles. The Morgan fingerprint density at radius 3 is 2.41 bits per heavy atom. The summed E-state index contributed by atoms with van der Waals surface area (Å²) in [6, 6.07) is 0.904. The molecule has 0 unspecified atom stereocenters. The van der Waals surface area contributed by atoms with Crippen LogP contribution in [-0.4, -0.2) is 41.2 Å². The highest BCUT2D eigenvalue weighted by Gasteiger charge is 2.43. The highest BCUT2D eigenvalue weighted by atomic mass is 19.1. The van der Waals surface area contributed by atoms with E-state index in [4.69, 9.17) is 16.3 Å². The molecule has 4 rings (SSSR count). The number of aromatic nitrogens is 2. The van der Waals surface area contributed by atoms with Gasteiger partial charge in [-0.2, -0.15) is 4.68 Å². The Morgan fingerprint density at radius 1 is 1.24 bits per heavy atom. The third-order valence-electron chi connectivity index (χ3n) is 5.92. The van der Waals surface area contributed by atoms with Crippen LogP contribution in [0.5, 0.6) is 5.75 Å². The lowest BCUT2D eigenvalue weighted by molar-refractivity contribution is 0.208. The Hall–Kier alpha value is -2.62. The molecule has 158 valence electrons. The van der Waals surface area contributed by atoms with Crippen molar-refractivity contribution in [3.63, 3.8) is 0 Å². The van der Waals surface area contributed by atoms with Gasteiger partial charge >= 0.3 is 5.69 Å².